The second kappa shape index (κ2) is 7.12. The predicted molar refractivity (Wildman–Crippen MR) is 72.7 cm³/mol. The fraction of sp³-hybridized carbons (Fsp3) is 0.200. The molecule has 2 aromatic rings. The third-order valence-corrected chi connectivity index (χ3v) is 2.53. The van der Waals surface area contributed by atoms with E-state index in [9.17, 15) is 4.79 Å². The number of nitrogens with one attached hydrogen (secondary N) is 1. The molecule has 0 aliphatic rings. The van der Waals surface area contributed by atoms with E-state index in [2.05, 4.69) is 22.1 Å². The summed E-state index contributed by atoms with van der Waals surface area (Å²) in [4.78, 5) is 16.0. The third kappa shape index (κ3) is 3.70. The summed E-state index contributed by atoms with van der Waals surface area (Å²) >= 11 is 0. The lowest BCUT2D eigenvalue weighted by atomic mass is 10.1. The molecule has 0 radical (unpaired) electrons. The Kier molecular flexibility index (Phi) is 4.93. The van der Waals surface area contributed by atoms with Crippen molar-refractivity contribution in [3.8, 4) is 11.8 Å². The number of aliphatic hydroxyl groups is 1. The highest BCUT2D eigenvalue weighted by Gasteiger charge is 2.10. The quantitative estimate of drug-likeness (QED) is 0.822. The lowest BCUT2D eigenvalue weighted by Crippen LogP contribution is -2.23. The molecular weight excluding hydrogens is 256 g/mol. The zero-order valence-corrected chi connectivity index (χ0v) is 10.8. The van der Waals surface area contributed by atoms with Crippen LogP contribution in [0, 0.1) is 11.8 Å². The van der Waals surface area contributed by atoms with Crippen LogP contribution in [-0.4, -0.2) is 22.6 Å². The van der Waals surface area contributed by atoms with Gasteiger partial charge in [-0.25, -0.2) is 0 Å². The first-order valence-electron chi connectivity index (χ1n) is 6.15. The molecule has 2 heterocycles. The average Bonchev–Trinajstić information content (AvgIpc) is 2.99. The van der Waals surface area contributed by atoms with Crippen LogP contribution < -0.4 is 5.32 Å². The van der Waals surface area contributed by atoms with Crippen LogP contribution in [0.1, 0.15) is 28.1 Å². The van der Waals surface area contributed by atoms with Gasteiger partial charge in [0.1, 0.15) is 5.76 Å². The molecule has 0 fully saturated rings. The number of amides is 1. The Bertz CT molecular complexity index is 624. The zero-order chi connectivity index (χ0) is 14.2. The van der Waals surface area contributed by atoms with E-state index < -0.39 is 0 Å². The van der Waals surface area contributed by atoms with Gasteiger partial charge in [-0.3, -0.25) is 9.78 Å². The Balaban J connectivity index is 2.07. The minimum Gasteiger partial charge on any atom is -0.467 e. The molecule has 5 nitrogen and oxygen atoms in total. The zero-order valence-electron chi connectivity index (χ0n) is 10.8. The number of nitrogens with zero attached hydrogens (tertiary/aromatic N) is 1. The van der Waals surface area contributed by atoms with Crippen LogP contribution in [0.3, 0.4) is 0 Å². The molecule has 0 bridgehead atoms. The molecule has 102 valence electrons. The molecular formula is C15H14N2O3. The second-order valence-electron chi connectivity index (χ2n) is 3.96. The molecule has 0 unspecified atom stereocenters. The number of hydrogen-bond donors (Lipinski definition) is 2. The molecule has 20 heavy (non-hydrogen) atoms. The molecule has 0 saturated carbocycles. The summed E-state index contributed by atoms with van der Waals surface area (Å²) in [6.45, 7) is 0.310. The van der Waals surface area contributed by atoms with Gasteiger partial charge in [0.25, 0.3) is 5.91 Å². The number of aliphatic hydroxyl groups excluding tert-OH is 1. The highest BCUT2D eigenvalue weighted by atomic mass is 16.3. The summed E-state index contributed by atoms with van der Waals surface area (Å²) in [6.07, 6.45) is 4.99. The first-order valence-corrected chi connectivity index (χ1v) is 6.15. The first-order chi connectivity index (χ1) is 9.81. The van der Waals surface area contributed by atoms with Crippen LogP contribution in [-0.2, 0) is 6.54 Å². The Labute approximate surface area is 116 Å². The minimum atomic E-state index is -0.239. The van der Waals surface area contributed by atoms with Crippen molar-refractivity contribution in [3.63, 3.8) is 0 Å². The van der Waals surface area contributed by atoms with E-state index in [-0.39, 0.29) is 12.5 Å². The lowest BCUT2D eigenvalue weighted by Gasteiger charge is -2.05. The summed E-state index contributed by atoms with van der Waals surface area (Å²) < 4.78 is 5.15. The standard InChI is InChI=1S/C15H14N2O3/c18-8-2-1-4-12-10-16-7-6-14(12)15(19)17-11-13-5-3-9-20-13/h3,5-7,9-10,18H,2,8,11H2,(H,17,19). The number of hydrogen-bond acceptors (Lipinski definition) is 4. The van der Waals surface area contributed by atoms with Crippen molar-refractivity contribution in [2.75, 3.05) is 6.61 Å². The molecule has 0 aliphatic heterocycles. The first kappa shape index (κ1) is 13.8. The number of aromatic nitrogens is 1. The van der Waals surface area contributed by atoms with Crippen molar-refractivity contribution in [2.45, 2.75) is 13.0 Å². The molecule has 2 rings (SSSR count). The third-order valence-electron chi connectivity index (χ3n) is 2.53. The second-order valence-corrected chi connectivity index (χ2v) is 3.96. The summed E-state index contributed by atoms with van der Waals surface area (Å²) in [6, 6.07) is 5.16. The van der Waals surface area contributed by atoms with Gasteiger partial charge in [-0.2, -0.15) is 0 Å². The van der Waals surface area contributed by atoms with E-state index in [1.807, 2.05) is 0 Å². The summed E-state index contributed by atoms with van der Waals surface area (Å²) in [7, 11) is 0. The van der Waals surface area contributed by atoms with Crippen LogP contribution in [0.25, 0.3) is 0 Å². The summed E-state index contributed by atoms with van der Waals surface area (Å²) in [5, 5.41) is 11.5. The van der Waals surface area contributed by atoms with Gasteiger partial charge in [0, 0.05) is 18.8 Å². The smallest absolute Gasteiger partial charge is 0.253 e. The number of carbonyl (C=O) groups is 1. The van der Waals surface area contributed by atoms with Gasteiger partial charge in [0.15, 0.2) is 0 Å². The predicted octanol–water partition coefficient (Wildman–Crippen LogP) is 1.34. The molecule has 5 heteroatoms. The lowest BCUT2D eigenvalue weighted by molar-refractivity contribution is 0.0947. The molecule has 0 spiro atoms. The van der Waals surface area contributed by atoms with Crippen LogP contribution >= 0.6 is 0 Å². The topological polar surface area (TPSA) is 75.4 Å². The maximum Gasteiger partial charge on any atom is 0.253 e. The van der Waals surface area contributed by atoms with Gasteiger partial charge >= 0.3 is 0 Å². The Hall–Kier alpha value is -2.58. The van der Waals surface area contributed by atoms with E-state index in [0.717, 1.165) is 0 Å². The van der Waals surface area contributed by atoms with Gasteiger partial charge in [0.05, 0.1) is 30.5 Å². The van der Waals surface area contributed by atoms with Gasteiger partial charge in [0.2, 0.25) is 0 Å². The SMILES string of the molecule is O=C(NCc1ccco1)c1ccncc1C#CCCO. The molecule has 0 aromatic carbocycles. The van der Waals surface area contributed by atoms with E-state index >= 15 is 0 Å². The van der Waals surface area contributed by atoms with Crippen molar-refractivity contribution in [1.82, 2.24) is 10.3 Å². The Morgan fingerprint density at radius 3 is 3.10 bits per heavy atom. The van der Waals surface area contributed by atoms with Crippen molar-refractivity contribution >= 4 is 5.91 Å². The Morgan fingerprint density at radius 2 is 2.35 bits per heavy atom. The fourth-order valence-corrected chi connectivity index (χ4v) is 1.58. The number of rotatable bonds is 4. The molecule has 2 aromatic heterocycles. The maximum absolute atomic E-state index is 12.1. The highest BCUT2D eigenvalue weighted by Crippen LogP contribution is 2.06. The molecule has 0 atom stereocenters. The maximum atomic E-state index is 12.1. The largest absolute Gasteiger partial charge is 0.467 e. The molecule has 0 saturated heterocycles. The van der Waals surface area contributed by atoms with Gasteiger partial charge in [-0.1, -0.05) is 11.8 Å². The summed E-state index contributed by atoms with van der Waals surface area (Å²) in [5.74, 6) is 6.05. The summed E-state index contributed by atoms with van der Waals surface area (Å²) in [5.41, 5.74) is 0.995. The van der Waals surface area contributed by atoms with Crippen molar-refractivity contribution in [2.24, 2.45) is 0 Å². The molecule has 1 amide bonds. The van der Waals surface area contributed by atoms with E-state index in [1.165, 1.54) is 6.20 Å². The Morgan fingerprint density at radius 1 is 1.45 bits per heavy atom. The van der Waals surface area contributed by atoms with Crippen LogP contribution in [0.15, 0.2) is 41.3 Å². The number of carbonyl (C=O) groups excluding carboxylic acids is 1. The monoisotopic (exact) mass is 270 g/mol. The van der Waals surface area contributed by atoms with Gasteiger partial charge < -0.3 is 14.8 Å². The van der Waals surface area contributed by atoms with E-state index in [0.29, 0.717) is 29.9 Å². The van der Waals surface area contributed by atoms with Gasteiger partial charge in [-0.15, -0.1) is 0 Å². The van der Waals surface area contributed by atoms with Crippen molar-refractivity contribution in [1.29, 1.82) is 0 Å². The molecule has 0 aliphatic carbocycles. The van der Waals surface area contributed by atoms with Crippen molar-refractivity contribution < 1.29 is 14.3 Å². The highest BCUT2D eigenvalue weighted by molar-refractivity contribution is 5.96. The number of furan rings is 1. The average molecular weight is 270 g/mol. The van der Waals surface area contributed by atoms with Gasteiger partial charge in [-0.05, 0) is 18.2 Å². The minimum absolute atomic E-state index is 0.00666. The van der Waals surface area contributed by atoms with Crippen LogP contribution in [0.5, 0.6) is 0 Å². The van der Waals surface area contributed by atoms with E-state index in [1.54, 1.807) is 30.7 Å². The number of pyridine rings is 1. The van der Waals surface area contributed by atoms with Crippen molar-refractivity contribution in [3.05, 3.63) is 53.7 Å². The fourth-order valence-electron chi connectivity index (χ4n) is 1.58. The molecule has 2 N–H and O–H groups in total. The van der Waals surface area contributed by atoms with Crippen LogP contribution in [0.4, 0.5) is 0 Å². The normalized spacial score (nSPS) is 9.65. The van der Waals surface area contributed by atoms with E-state index in [4.69, 9.17) is 9.52 Å². The van der Waals surface area contributed by atoms with Crippen LogP contribution in [0.2, 0.25) is 0 Å².